The van der Waals surface area contributed by atoms with E-state index in [1.165, 1.54) is 0 Å². The summed E-state index contributed by atoms with van der Waals surface area (Å²) in [4.78, 5) is 17.3. The summed E-state index contributed by atoms with van der Waals surface area (Å²) in [6.45, 7) is 1.56. The molecule has 4 nitrogen and oxygen atoms in total. The van der Waals surface area contributed by atoms with Crippen molar-refractivity contribution in [3.8, 4) is 0 Å². The maximum Gasteiger partial charge on any atom is 0.270 e. The Bertz CT molecular complexity index is 543. The van der Waals surface area contributed by atoms with Gasteiger partial charge in [-0.05, 0) is 18.6 Å². The van der Waals surface area contributed by atoms with Crippen molar-refractivity contribution in [1.29, 1.82) is 0 Å². The number of H-pyrrole nitrogens is 1. The number of carbonyl (C=O) groups is 1. The van der Waals surface area contributed by atoms with E-state index in [-0.39, 0.29) is 18.4 Å². The number of likely N-dealkylation sites (tertiary alicyclic amines) is 1. The van der Waals surface area contributed by atoms with Gasteiger partial charge in [0, 0.05) is 36.5 Å². The normalized spacial score (nSPS) is 19.6. The Balaban J connectivity index is 1.84. The number of benzene rings is 1. The molecule has 0 aliphatic carbocycles. The van der Waals surface area contributed by atoms with E-state index in [1.807, 2.05) is 35.2 Å². The van der Waals surface area contributed by atoms with E-state index in [9.17, 15) is 4.79 Å². The Hall–Kier alpha value is -1.81. The molecule has 1 aromatic carbocycles. The number of aromatic nitrogens is 1. The molecule has 3 rings (SSSR count). The molecular formula is C14H16N2O2. The zero-order valence-corrected chi connectivity index (χ0v) is 10.1. The third-order valence-corrected chi connectivity index (χ3v) is 3.59. The van der Waals surface area contributed by atoms with Crippen LogP contribution in [0.4, 0.5) is 0 Å². The molecule has 2 heterocycles. The van der Waals surface area contributed by atoms with E-state index in [1.54, 1.807) is 0 Å². The maximum atomic E-state index is 12.3. The highest BCUT2D eigenvalue weighted by Crippen LogP contribution is 2.20. The molecule has 1 saturated heterocycles. The lowest BCUT2D eigenvalue weighted by Gasteiger charge is -2.14. The minimum absolute atomic E-state index is 0.0298. The first-order chi connectivity index (χ1) is 8.78. The highest BCUT2D eigenvalue weighted by atomic mass is 16.3. The monoisotopic (exact) mass is 244 g/mol. The number of hydrogen-bond acceptors (Lipinski definition) is 2. The number of nitrogens with one attached hydrogen (secondary N) is 1. The van der Waals surface area contributed by atoms with Gasteiger partial charge >= 0.3 is 0 Å². The van der Waals surface area contributed by atoms with Gasteiger partial charge in [-0.1, -0.05) is 18.2 Å². The quantitative estimate of drug-likeness (QED) is 0.843. The van der Waals surface area contributed by atoms with E-state index >= 15 is 0 Å². The van der Waals surface area contributed by atoms with Crippen molar-refractivity contribution in [2.24, 2.45) is 5.92 Å². The lowest BCUT2D eigenvalue weighted by atomic mass is 10.1. The summed E-state index contributed by atoms with van der Waals surface area (Å²) in [5.41, 5.74) is 1.62. The van der Waals surface area contributed by atoms with Crippen LogP contribution in [0.25, 0.3) is 10.9 Å². The minimum atomic E-state index is 0.0298. The highest BCUT2D eigenvalue weighted by molar-refractivity contribution is 5.98. The molecule has 1 aliphatic rings. The Morgan fingerprint density at radius 1 is 1.44 bits per heavy atom. The number of hydrogen-bond donors (Lipinski definition) is 2. The molecule has 94 valence electrons. The molecule has 0 bridgehead atoms. The van der Waals surface area contributed by atoms with Gasteiger partial charge in [0.25, 0.3) is 5.91 Å². The van der Waals surface area contributed by atoms with Gasteiger partial charge in [-0.3, -0.25) is 4.79 Å². The number of fused-ring (bicyclic) bond motifs is 1. The third kappa shape index (κ3) is 1.88. The van der Waals surface area contributed by atoms with Crippen molar-refractivity contribution in [2.45, 2.75) is 6.42 Å². The number of rotatable bonds is 2. The second-order valence-electron chi connectivity index (χ2n) is 4.86. The van der Waals surface area contributed by atoms with Crippen LogP contribution < -0.4 is 0 Å². The molecule has 0 radical (unpaired) electrons. The van der Waals surface area contributed by atoms with E-state index in [2.05, 4.69) is 4.98 Å². The molecule has 1 atom stereocenters. The van der Waals surface area contributed by atoms with Gasteiger partial charge in [-0.2, -0.15) is 0 Å². The fraction of sp³-hybridized carbons (Fsp3) is 0.357. The van der Waals surface area contributed by atoms with Crippen molar-refractivity contribution in [1.82, 2.24) is 9.88 Å². The van der Waals surface area contributed by atoms with E-state index < -0.39 is 0 Å². The smallest absolute Gasteiger partial charge is 0.270 e. The third-order valence-electron chi connectivity index (χ3n) is 3.59. The van der Waals surface area contributed by atoms with Gasteiger partial charge in [0.15, 0.2) is 0 Å². The average molecular weight is 244 g/mol. The summed E-state index contributed by atoms with van der Waals surface area (Å²) in [5.74, 6) is 0.264. The van der Waals surface area contributed by atoms with Gasteiger partial charge in [0.05, 0.1) is 0 Å². The largest absolute Gasteiger partial charge is 0.396 e. The number of para-hydroxylation sites is 1. The molecule has 0 spiro atoms. The zero-order chi connectivity index (χ0) is 12.5. The summed E-state index contributed by atoms with van der Waals surface area (Å²) in [6, 6.07) is 9.76. The number of amides is 1. The molecule has 18 heavy (non-hydrogen) atoms. The van der Waals surface area contributed by atoms with Crippen LogP contribution in [0.15, 0.2) is 30.3 Å². The molecule has 1 fully saturated rings. The maximum absolute atomic E-state index is 12.3. The van der Waals surface area contributed by atoms with Crippen molar-refractivity contribution in [3.63, 3.8) is 0 Å². The molecule has 0 saturated carbocycles. The molecule has 1 unspecified atom stereocenters. The minimum Gasteiger partial charge on any atom is -0.396 e. The summed E-state index contributed by atoms with van der Waals surface area (Å²) in [5, 5.41) is 10.2. The fourth-order valence-electron chi connectivity index (χ4n) is 2.53. The predicted molar refractivity (Wildman–Crippen MR) is 69.4 cm³/mol. The van der Waals surface area contributed by atoms with Crippen molar-refractivity contribution in [3.05, 3.63) is 36.0 Å². The Morgan fingerprint density at radius 3 is 3.00 bits per heavy atom. The van der Waals surface area contributed by atoms with Crippen molar-refractivity contribution >= 4 is 16.8 Å². The Morgan fingerprint density at radius 2 is 2.28 bits per heavy atom. The standard InChI is InChI=1S/C14H16N2O2/c17-9-10-5-6-16(8-10)14(18)13-7-11-3-1-2-4-12(11)15-13/h1-4,7,10,15,17H,5-6,8-9H2. The predicted octanol–water partition coefficient (Wildman–Crippen LogP) is 1.62. The van der Waals surface area contributed by atoms with Gasteiger partial charge in [0.2, 0.25) is 0 Å². The molecule has 2 aromatic rings. The Labute approximate surface area is 105 Å². The van der Waals surface area contributed by atoms with Gasteiger partial charge < -0.3 is 15.0 Å². The van der Waals surface area contributed by atoms with Crippen LogP contribution >= 0.6 is 0 Å². The van der Waals surface area contributed by atoms with Crippen LogP contribution in [0, 0.1) is 5.92 Å². The lowest BCUT2D eigenvalue weighted by molar-refractivity contribution is 0.0777. The van der Waals surface area contributed by atoms with Gasteiger partial charge in [-0.15, -0.1) is 0 Å². The van der Waals surface area contributed by atoms with Crippen LogP contribution in [0.1, 0.15) is 16.9 Å². The SMILES string of the molecule is O=C(c1cc2ccccc2[nH]1)N1CCC(CO)C1. The molecule has 1 aromatic heterocycles. The first kappa shape index (κ1) is 11.3. The van der Waals surface area contributed by atoms with E-state index in [0.717, 1.165) is 23.9 Å². The highest BCUT2D eigenvalue weighted by Gasteiger charge is 2.27. The van der Waals surface area contributed by atoms with Gasteiger partial charge in [-0.25, -0.2) is 0 Å². The molecule has 2 N–H and O–H groups in total. The molecule has 1 aliphatic heterocycles. The van der Waals surface area contributed by atoms with Crippen molar-refractivity contribution < 1.29 is 9.90 Å². The second-order valence-corrected chi connectivity index (χ2v) is 4.86. The number of aliphatic hydroxyl groups is 1. The summed E-state index contributed by atoms with van der Waals surface area (Å²) in [6.07, 6.45) is 0.891. The zero-order valence-electron chi connectivity index (χ0n) is 10.1. The van der Waals surface area contributed by atoms with Crippen LogP contribution in [0.3, 0.4) is 0 Å². The van der Waals surface area contributed by atoms with Gasteiger partial charge in [0.1, 0.15) is 5.69 Å². The van der Waals surface area contributed by atoms with E-state index in [0.29, 0.717) is 12.2 Å². The fourth-order valence-corrected chi connectivity index (χ4v) is 2.53. The van der Waals surface area contributed by atoms with E-state index in [4.69, 9.17) is 5.11 Å². The van der Waals surface area contributed by atoms with Crippen LogP contribution in [-0.2, 0) is 0 Å². The summed E-state index contributed by atoms with van der Waals surface area (Å²) >= 11 is 0. The Kier molecular flexibility index (Phi) is 2.80. The molecule has 4 heteroatoms. The van der Waals surface area contributed by atoms with Crippen LogP contribution in [0.2, 0.25) is 0 Å². The number of carbonyl (C=O) groups excluding carboxylic acids is 1. The lowest BCUT2D eigenvalue weighted by Crippen LogP contribution is -2.29. The topological polar surface area (TPSA) is 56.3 Å². The summed E-state index contributed by atoms with van der Waals surface area (Å²) in [7, 11) is 0. The van der Waals surface area contributed by atoms with Crippen LogP contribution in [0.5, 0.6) is 0 Å². The first-order valence-electron chi connectivity index (χ1n) is 6.26. The first-order valence-corrected chi connectivity index (χ1v) is 6.26. The number of aliphatic hydroxyl groups excluding tert-OH is 1. The van der Waals surface area contributed by atoms with Crippen LogP contribution in [-0.4, -0.2) is 40.6 Å². The number of aromatic amines is 1. The number of nitrogens with zero attached hydrogens (tertiary/aromatic N) is 1. The second kappa shape index (κ2) is 4.46. The molecular weight excluding hydrogens is 228 g/mol. The summed E-state index contributed by atoms with van der Waals surface area (Å²) < 4.78 is 0. The molecule has 1 amide bonds. The van der Waals surface area contributed by atoms with Crippen molar-refractivity contribution in [2.75, 3.05) is 19.7 Å². The average Bonchev–Trinajstić information content (AvgIpc) is 3.04.